The molecule has 1 N–H and O–H groups in total. The van der Waals surface area contributed by atoms with Crippen LogP contribution < -0.4 is 10.1 Å². The molecule has 0 aromatic heterocycles. The number of rotatable bonds is 6. The molecule has 1 aliphatic carbocycles. The van der Waals surface area contributed by atoms with Crippen LogP contribution >= 0.6 is 0 Å². The Hall–Kier alpha value is -1.16. The molecule has 1 aliphatic rings. The molecule has 0 spiro atoms. The van der Waals surface area contributed by atoms with Gasteiger partial charge in [0, 0.05) is 18.2 Å². The molecule has 0 heterocycles. The van der Waals surface area contributed by atoms with Gasteiger partial charge in [-0.2, -0.15) is 8.78 Å². The molecule has 0 atom stereocenters. The lowest BCUT2D eigenvalue weighted by Crippen LogP contribution is -2.42. The third-order valence-electron chi connectivity index (χ3n) is 3.89. The second-order valence-corrected chi connectivity index (χ2v) is 5.54. The molecule has 19 heavy (non-hydrogen) atoms. The monoisotopic (exact) mass is 269 g/mol. The third kappa shape index (κ3) is 3.90. The van der Waals surface area contributed by atoms with E-state index in [-0.39, 0.29) is 5.75 Å². The van der Waals surface area contributed by atoms with Crippen LogP contribution in [0, 0.1) is 11.8 Å². The summed E-state index contributed by atoms with van der Waals surface area (Å²) >= 11 is 0. The van der Waals surface area contributed by atoms with Crippen LogP contribution in [0.25, 0.3) is 0 Å². The predicted octanol–water partition coefficient (Wildman–Crippen LogP) is 3.81. The van der Waals surface area contributed by atoms with Gasteiger partial charge in [-0.1, -0.05) is 32.0 Å². The first-order valence-corrected chi connectivity index (χ1v) is 6.82. The average Bonchev–Trinajstić information content (AvgIpc) is 2.27. The number of hydrogen-bond donors (Lipinski definition) is 1. The van der Waals surface area contributed by atoms with Crippen molar-refractivity contribution in [1.82, 2.24) is 5.32 Å². The van der Waals surface area contributed by atoms with Crippen molar-refractivity contribution in [2.45, 2.75) is 45.9 Å². The van der Waals surface area contributed by atoms with Gasteiger partial charge in [0.05, 0.1) is 0 Å². The normalized spacial score (nSPS) is 22.6. The number of para-hydroxylation sites is 1. The second kappa shape index (κ2) is 6.33. The van der Waals surface area contributed by atoms with Crippen molar-refractivity contribution in [1.29, 1.82) is 0 Å². The fourth-order valence-electron chi connectivity index (χ4n) is 2.49. The molecule has 0 bridgehead atoms. The minimum absolute atomic E-state index is 0.268. The molecule has 2 nitrogen and oxygen atoms in total. The zero-order valence-electron chi connectivity index (χ0n) is 11.4. The van der Waals surface area contributed by atoms with Crippen molar-refractivity contribution in [3.8, 4) is 5.75 Å². The minimum Gasteiger partial charge on any atom is -0.434 e. The quantitative estimate of drug-likeness (QED) is 0.848. The van der Waals surface area contributed by atoms with E-state index in [4.69, 9.17) is 0 Å². The Bertz CT molecular complexity index is 403. The number of hydrogen-bond acceptors (Lipinski definition) is 2. The Morgan fingerprint density at radius 2 is 1.95 bits per heavy atom. The van der Waals surface area contributed by atoms with Crippen LogP contribution in [0.5, 0.6) is 5.75 Å². The molecule has 106 valence electrons. The third-order valence-corrected chi connectivity index (χ3v) is 3.89. The smallest absolute Gasteiger partial charge is 0.387 e. The largest absolute Gasteiger partial charge is 0.434 e. The molecular weight excluding hydrogens is 248 g/mol. The lowest BCUT2D eigenvalue weighted by atomic mass is 9.73. The van der Waals surface area contributed by atoms with Gasteiger partial charge < -0.3 is 10.1 Å². The highest BCUT2D eigenvalue weighted by atomic mass is 19.3. The molecule has 0 unspecified atom stereocenters. The number of alkyl halides is 2. The Labute approximate surface area is 113 Å². The molecule has 0 aliphatic heterocycles. The first-order valence-electron chi connectivity index (χ1n) is 6.82. The zero-order chi connectivity index (χ0) is 13.8. The van der Waals surface area contributed by atoms with Crippen LogP contribution in [-0.4, -0.2) is 12.7 Å². The summed E-state index contributed by atoms with van der Waals surface area (Å²) in [7, 11) is 0. The summed E-state index contributed by atoms with van der Waals surface area (Å²) in [5.41, 5.74) is 0.788. The Morgan fingerprint density at radius 1 is 1.26 bits per heavy atom. The van der Waals surface area contributed by atoms with E-state index in [1.807, 2.05) is 12.1 Å². The van der Waals surface area contributed by atoms with Gasteiger partial charge in [-0.25, -0.2) is 0 Å². The van der Waals surface area contributed by atoms with Gasteiger partial charge in [0.2, 0.25) is 0 Å². The van der Waals surface area contributed by atoms with E-state index in [1.54, 1.807) is 12.1 Å². The van der Waals surface area contributed by atoms with E-state index in [1.165, 1.54) is 12.8 Å². The molecule has 1 aromatic rings. The van der Waals surface area contributed by atoms with Crippen molar-refractivity contribution in [3.63, 3.8) is 0 Å². The van der Waals surface area contributed by atoms with Crippen LogP contribution in [-0.2, 0) is 6.54 Å². The number of benzene rings is 1. The van der Waals surface area contributed by atoms with Crippen LogP contribution in [0.3, 0.4) is 0 Å². The molecule has 0 radical (unpaired) electrons. The van der Waals surface area contributed by atoms with Crippen molar-refractivity contribution in [3.05, 3.63) is 29.8 Å². The van der Waals surface area contributed by atoms with Gasteiger partial charge in [-0.3, -0.25) is 0 Å². The lowest BCUT2D eigenvalue weighted by Gasteiger charge is -2.38. The molecule has 4 heteroatoms. The molecule has 0 saturated heterocycles. The first kappa shape index (κ1) is 14.3. The number of nitrogens with one attached hydrogen (secondary N) is 1. The average molecular weight is 269 g/mol. The molecular formula is C15H21F2NO. The standard InChI is InChI=1S/C15H21F2NO/c1-10(2)12-7-13(8-12)18-9-11-5-3-4-6-14(11)19-15(16)17/h3-6,10,12-13,15,18H,7-9H2,1-2H3. The fourth-order valence-corrected chi connectivity index (χ4v) is 2.49. The van der Waals surface area contributed by atoms with Crippen molar-refractivity contribution < 1.29 is 13.5 Å². The summed E-state index contributed by atoms with van der Waals surface area (Å²) in [4.78, 5) is 0. The molecule has 1 saturated carbocycles. The van der Waals surface area contributed by atoms with E-state index < -0.39 is 6.61 Å². The van der Waals surface area contributed by atoms with Gasteiger partial charge in [0.1, 0.15) is 5.75 Å². The van der Waals surface area contributed by atoms with E-state index in [0.29, 0.717) is 12.6 Å². The molecule has 0 amide bonds. The SMILES string of the molecule is CC(C)C1CC(NCc2ccccc2OC(F)F)C1. The maximum absolute atomic E-state index is 12.3. The zero-order valence-corrected chi connectivity index (χ0v) is 11.4. The van der Waals surface area contributed by atoms with Crippen LogP contribution in [0.1, 0.15) is 32.3 Å². The van der Waals surface area contributed by atoms with Crippen molar-refractivity contribution in [2.24, 2.45) is 11.8 Å². The van der Waals surface area contributed by atoms with Crippen molar-refractivity contribution in [2.75, 3.05) is 0 Å². The summed E-state index contributed by atoms with van der Waals surface area (Å²) in [5.74, 6) is 1.79. The highest BCUT2D eigenvalue weighted by Gasteiger charge is 2.30. The van der Waals surface area contributed by atoms with E-state index in [9.17, 15) is 8.78 Å². The number of ether oxygens (including phenoxy) is 1. The predicted molar refractivity (Wildman–Crippen MR) is 71.3 cm³/mol. The summed E-state index contributed by atoms with van der Waals surface area (Å²) in [6, 6.07) is 7.46. The summed E-state index contributed by atoms with van der Waals surface area (Å²) < 4.78 is 29.1. The van der Waals surface area contributed by atoms with Gasteiger partial charge in [-0.05, 0) is 30.7 Å². The summed E-state index contributed by atoms with van der Waals surface area (Å²) in [6.45, 7) is 2.30. The maximum Gasteiger partial charge on any atom is 0.387 e. The highest BCUT2D eigenvalue weighted by molar-refractivity contribution is 5.33. The van der Waals surface area contributed by atoms with Gasteiger partial charge in [0.25, 0.3) is 0 Å². The molecule has 1 aromatic carbocycles. The van der Waals surface area contributed by atoms with E-state index >= 15 is 0 Å². The minimum atomic E-state index is -2.77. The lowest BCUT2D eigenvalue weighted by molar-refractivity contribution is -0.0505. The Balaban J connectivity index is 1.83. The van der Waals surface area contributed by atoms with Crippen molar-refractivity contribution >= 4 is 0 Å². The van der Waals surface area contributed by atoms with Gasteiger partial charge >= 0.3 is 6.61 Å². The van der Waals surface area contributed by atoms with Gasteiger partial charge in [0.15, 0.2) is 0 Å². The fraction of sp³-hybridized carbons (Fsp3) is 0.600. The molecule has 2 rings (SSSR count). The van der Waals surface area contributed by atoms with Crippen LogP contribution in [0.2, 0.25) is 0 Å². The Morgan fingerprint density at radius 3 is 2.58 bits per heavy atom. The topological polar surface area (TPSA) is 21.3 Å². The summed E-state index contributed by atoms with van der Waals surface area (Å²) in [6.07, 6.45) is 2.35. The highest BCUT2D eigenvalue weighted by Crippen LogP contribution is 2.34. The maximum atomic E-state index is 12.3. The Kier molecular flexibility index (Phi) is 4.75. The molecule has 1 fully saturated rings. The number of halogens is 2. The second-order valence-electron chi connectivity index (χ2n) is 5.54. The van der Waals surface area contributed by atoms with Gasteiger partial charge in [-0.15, -0.1) is 0 Å². The van der Waals surface area contributed by atoms with E-state index in [0.717, 1.165) is 17.4 Å². The summed E-state index contributed by atoms with van der Waals surface area (Å²) in [5, 5.41) is 3.41. The van der Waals surface area contributed by atoms with Crippen LogP contribution in [0.4, 0.5) is 8.78 Å². The van der Waals surface area contributed by atoms with Crippen LogP contribution in [0.15, 0.2) is 24.3 Å². The first-order chi connectivity index (χ1) is 9.06. The van der Waals surface area contributed by atoms with E-state index in [2.05, 4.69) is 23.9 Å².